The van der Waals surface area contributed by atoms with E-state index in [0.29, 0.717) is 31.8 Å². The Morgan fingerprint density at radius 1 is 1.10 bits per heavy atom. The minimum Gasteiger partial charge on any atom is -0.497 e. The van der Waals surface area contributed by atoms with Crippen LogP contribution in [0.15, 0.2) is 59.5 Å². The highest BCUT2D eigenvalue weighted by Crippen LogP contribution is 2.37. The van der Waals surface area contributed by atoms with Crippen molar-refractivity contribution < 1.29 is 32.5 Å². The van der Waals surface area contributed by atoms with E-state index in [2.05, 4.69) is 5.32 Å². The van der Waals surface area contributed by atoms with Crippen molar-refractivity contribution in [3.8, 4) is 5.75 Å². The summed E-state index contributed by atoms with van der Waals surface area (Å²) in [6.07, 6.45) is 1.59. The number of hydrogen-bond acceptors (Lipinski definition) is 7. The second kappa shape index (κ2) is 13.4. The van der Waals surface area contributed by atoms with Gasteiger partial charge in [0.1, 0.15) is 11.9 Å². The minimum absolute atomic E-state index is 0.0145. The third kappa shape index (κ3) is 7.61. The molecule has 1 spiro atoms. The van der Waals surface area contributed by atoms with Gasteiger partial charge in [-0.1, -0.05) is 44.2 Å². The number of carbonyl (C=O) groups is 1. The number of hydrogen-bond donors (Lipinski definition) is 2. The first-order valence-electron chi connectivity index (χ1n) is 14.0. The van der Waals surface area contributed by atoms with Crippen LogP contribution in [0.3, 0.4) is 0 Å². The van der Waals surface area contributed by atoms with Gasteiger partial charge in [0.2, 0.25) is 15.9 Å². The first-order valence-corrected chi connectivity index (χ1v) is 15.5. The van der Waals surface area contributed by atoms with Gasteiger partial charge in [0.25, 0.3) is 0 Å². The number of aliphatic hydroxyl groups is 1. The number of ether oxygens (including phenoxy) is 3. The van der Waals surface area contributed by atoms with Crippen LogP contribution in [0.4, 0.5) is 0 Å². The molecule has 2 aromatic rings. The fourth-order valence-electron chi connectivity index (χ4n) is 5.51. The Hall–Kier alpha value is -2.50. The van der Waals surface area contributed by atoms with Crippen LogP contribution < -0.4 is 10.1 Å². The molecule has 10 heteroatoms. The van der Waals surface area contributed by atoms with E-state index in [1.807, 2.05) is 44.2 Å². The molecule has 1 amide bonds. The molecule has 40 heavy (non-hydrogen) atoms. The van der Waals surface area contributed by atoms with Gasteiger partial charge in [-0.2, -0.15) is 4.31 Å². The number of sulfonamides is 1. The van der Waals surface area contributed by atoms with Gasteiger partial charge in [-0.25, -0.2) is 8.42 Å². The van der Waals surface area contributed by atoms with Gasteiger partial charge in [-0.05, 0) is 61.4 Å². The zero-order valence-electron chi connectivity index (χ0n) is 23.6. The number of methoxy groups -OCH3 is 1. The highest BCUT2D eigenvalue weighted by atomic mass is 32.2. The third-order valence-corrected chi connectivity index (χ3v) is 9.50. The fourth-order valence-corrected chi connectivity index (χ4v) is 7.13. The number of nitrogens with zero attached hydrogens (tertiary/aromatic N) is 1. The SMILES string of the molecule is COc1ccc(S(=O)(=O)N(CC(C)C)C[C@@H](O)[C@H](Cc2ccccc2)NC(=O)[C@@H]2C[C@]3(CCCO3)CCO2)cc1. The van der Waals surface area contributed by atoms with E-state index in [1.54, 1.807) is 12.1 Å². The molecule has 2 saturated heterocycles. The minimum atomic E-state index is -3.92. The predicted molar refractivity (Wildman–Crippen MR) is 152 cm³/mol. The average Bonchev–Trinajstić information content (AvgIpc) is 3.39. The lowest BCUT2D eigenvalue weighted by atomic mass is 9.87. The largest absolute Gasteiger partial charge is 0.497 e. The molecule has 2 aromatic carbocycles. The van der Waals surface area contributed by atoms with Gasteiger partial charge in [0.15, 0.2) is 0 Å². The molecule has 2 heterocycles. The third-order valence-electron chi connectivity index (χ3n) is 7.66. The Morgan fingerprint density at radius 3 is 2.45 bits per heavy atom. The van der Waals surface area contributed by atoms with Crippen LogP contribution in [-0.4, -0.2) is 81.0 Å². The lowest BCUT2D eigenvalue weighted by Crippen LogP contribution is -2.55. The van der Waals surface area contributed by atoms with Crippen molar-refractivity contribution in [1.29, 1.82) is 0 Å². The van der Waals surface area contributed by atoms with Crippen LogP contribution in [0.5, 0.6) is 5.75 Å². The maximum Gasteiger partial charge on any atom is 0.249 e. The maximum atomic E-state index is 13.6. The standard InChI is InChI=1S/C30H42N2O7S/c1-22(2)20-32(40(35,36)25-12-10-24(37-3)11-13-25)21-27(33)26(18-23-8-5-4-6-9-23)31-29(34)28-19-30(15-17-38-28)14-7-16-39-30/h4-6,8-13,22,26-28,33H,7,14-21H2,1-3H3,(H,31,34)/t26-,27+,28-,30-/m0/s1. The van der Waals surface area contributed by atoms with E-state index in [-0.39, 0.29) is 35.4 Å². The number of carbonyl (C=O) groups excluding carboxylic acids is 1. The number of nitrogens with one attached hydrogen (secondary N) is 1. The van der Waals surface area contributed by atoms with E-state index in [0.717, 1.165) is 24.8 Å². The highest BCUT2D eigenvalue weighted by molar-refractivity contribution is 7.89. The normalized spacial score (nSPS) is 22.9. The van der Waals surface area contributed by atoms with Crippen LogP contribution in [-0.2, 0) is 30.7 Å². The number of rotatable bonds is 12. The van der Waals surface area contributed by atoms with Crippen molar-refractivity contribution in [3.63, 3.8) is 0 Å². The topological polar surface area (TPSA) is 114 Å². The molecule has 0 aliphatic carbocycles. The number of amides is 1. The van der Waals surface area contributed by atoms with E-state index in [4.69, 9.17) is 14.2 Å². The lowest BCUT2D eigenvalue weighted by molar-refractivity contribution is -0.152. The predicted octanol–water partition coefficient (Wildman–Crippen LogP) is 3.16. The summed E-state index contributed by atoms with van der Waals surface area (Å²) in [6, 6.07) is 15.0. The second-order valence-corrected chi connectivity index (χ2v) is 13.2. The van der Waals surface area contributed by atoms with Crippen LogP contribution in [0, 0.1) is 5.92 Å². The molecule has 0 saturated carbocycles. The Balaban J connectivity index is 1.54. The number of benzene rings is 2. The lowest BCUT2D eigenvalue weighted by Gasteiger charge is -2.37. The van der Waals surface area contributed by atoms with Crippen molar-refractivity contribution in [1.82, 2.24) is 9.62 Å². The molecule has 2 N–H and O–H groups in total. The smallest absolute Gasteiger partial charge is 0.249 e. The van der Waals surface area contributed by atoms with Crippen LogP contribution >= 0.6 is 0 Å². The molecule has 2 aliphatic rings. The molecule has 4 atom stereocenters. The summed E-state index contributed by atoms with van der Waals surface area (Å²) in [7, 11) is -2.40. The Bertz CT molecular complexity index is 1200. The van der Waals surface area contributed by atoms with Gasteiger partial charge in [-0.3, -0.25) is 4.79 Å². The summed E-state index contributed by atoms with van der Waals surface area (Å²) in [6.45, 7) is 5.01. The summed E-state index contributed by atoms with van der Waals surface area (Å²) < 4.78 is 45.6. The zero-order valence-corrected chi connectivity index (χ0v) is 24.4. The molecule has 9 nitrogen and oxygen atoms in total. The van der Waals surface area contributed by atoms with Crippen molar-refractivity contribution in [2.45, 2.75) is 74.7 Å². The Morgan fingerprint density at radius 2 is 1.82 bits per heavy atom. The van der Waals surface area contributed by atoms with E-state index < -0.39 is 28.3 Å². The van der Waals surface area contributed by atoms with Crippen molar-refractivity contribution in [2.75, 3.05) is 33.4 Å². The number of aliphatic hydroxyl groups excluding tert-OH is 1. The molecular formula is C30H42N2O7S. The van der Waals surface area contributed by atoms with Crippen LogP contribution in [0.25, 0.3) is 0 Å². The Kier molecular flexibility index (Phi) is 10.2. The Labute approximate surface area is 237 Å². The fraction of sp³-hybridized carbons (Fsp3) is 0.567. The van der Waals surface area contributed by atoms with Crippen molar-refractivity contribution in [2.24, 2.45) is 5.92 Å². The van der Waals surface area contributed by atoms with Crippen LogP contribution in [0.2, 0.25) is 0 Å². The summed E-state index contributed by atoms with van der Waals surface area (Å²) in [5.74, 6) is 0.248. The summed E-state index contributed by atoms with van der Waals surface area (Å²) in [5.41, 5.74) is 0.592. The first-order chi connectivity index (χ1) is 19.1. The van der Waals surface area contributed by atoms with Gasteiger partial charge in [-0.15, -0.1) is 0 Å². The monoisotopic (exact) mass is 574 g/mol. The van der Waals surface area contributed by atoms with Gasteiger partial charge < -0.3 is 24.6 Å². The quantitative estimate of drug-likeness (QED) is 0.400. The van der Waals surface area contributed by atoms with E-state index >= 15 is 0 Å². The van der Waals surface area contributed by atoms with Crippen molar-refractivity contribution in [3.05, 3.63) is 60.2 Å². The zero-order chi connectivity index (χ0) is 28.8. The van der Waals surface area contributed by atoms with E-state index in [9.17, 15) is 18.3 Å². The van der Waals surface area contributed by atoms with Gasteiger partial charge in [0.05, 0.1) is 36.4 Å². The maximum absolute atomic E-state index is 13.6. The summed E-state index contributed by atoms with van der Waals surface area (Å²) >= 11 is 0. The average molecular weight is 575 g/mol. The summed E-state index contributed by atoms with van der Waals surface area (Å²) in [4.78, 5) is 13.6. The molecule has 0 aromatic heterocycles. The van der Waals surface area contributed by atoms with Gasteiger partial charge >= 0.3 is 0 Å². The molecular weight excluding hydrogens is 532 g/mol. The van der Waals surface area contributed by atoms with Gasteiger partial charge in [0, 0.05) is 26.1 Å². The molecule has 220 valence electrons. The molecule has 2 fully saturated rings. The molecule has 0 unspecified atom stereocenters. The first kappa shape index (κ1) is 30.5. The summed E-state index contributed by atoms with van der Waals surface area (Å²) in [5, 5.41) is 14.5. The van der Waals surface area contributed by atoms with Crippen LogP contribution in [0.1, 0.15) is 45.1 Å². The molecule has 2 aliphatic heterocycles. The highest BCUT2D eigenvalue weighted by Gasteiger charge is 2.43. The van der Waals surface area contributed by atoms with Crippen molar-refractivity contribution >= 4 is 15.9 Å². The molecule has 4 rings (SSSR count). The van der Waals surface area contributed by atoms with E-state index in [1.165, 1.54) is 23.5 Å². The molecule has 0 radical (unpaired) electrons. The second-order valence-electron chi connectivity index (χ2n) is 11.2. The molecule has 0 bridgehead atoms.